The van der Waals surface area contributed by atoms with Crippen LogP contribution in [0.15, 0.2) is 53.6 Å². The third-order valence-corrected chi connectivity index (χ3v) is 6.88. The van der Waals surface area contributed by atoms with Crippen molar-refractivity contribution in [1.82, 2.24) is 9.71 Å². The first-order chi connectivity index (χ1) is 17.4. The lowest BCUT2D eigenvalue weighted by molar-refractivity contribution is 0.129. The summed E-state index contributed by atoms with van der Waals surface area (Å²) < 4.78 is 13.8. The van der Waals surface area contributed by atoms with Crippen LogP contribution in [-0.2, 0) is 9.47 Å². The highest BCUT2D eigenvalue weighted by molar-refractivity contribution is 7.97. The minimum Gasteiger partial charge on any atom is -0.447 e. The number of anilines is 2. The molecular formula is C27H34N4O4S2. The summed E-state index contributed by atoms with van der Waals surface area (Å²) in [5.74, 6) is 0. The Hall–Kier alpha value is -3.08. The number of amides is 2. The monoisotopic (exact) mass is 542 g/mol. The Morgan fingerprint density at radius 2 is 1.46 bits per heavy atom. The molecule has 0 aliphatic heterocycles. The van der Waals surface area contributed by atoms with Gasteiger partial charge in [0, 0.05) is 33.6 Å². The molecule has 3 aromatic rings. The number of thiazole rings is 1. The van der Waals surface area contributed by atoms with Crippen LogP contribution in [0, 0.1) is 0 Å². The van der Waals surface area contributed by atoms with E-state index in [0.29, 0.717) is 11.4 Å². The highest BCUT2D eigenvalue weighted by Gasteiger charge is 2.17. The molecule has 37 heavy (non-hydrogen) atoms. The molecule has 0 bridgehead atoms. The molecule has 0 atom stereocenters. The number of hydrogen-bond acceptors (Lipinski definition) is 8. The lowest BCUT2D eigenvalue weighted by Gasteiger charge is -2.21. The molecule has 10 heteroatoms. The van der Waals surface area contributed by atoms with Crippen LogP contribution in [0.1, 0.15) is 48.5 Å². The Morgan fingerprint density at radius 3 is 2.03 bits per heavy atom. The first kappa shape index (κ1) is 28.5. The van der Waals surface area contributed by atoms with Crippen LogP contribution in [0.25, 0.3) is 21.0 Å². The second kappa shape index (κ2) is 12.4. The molecule has 0 saturated heterocycles. The van der Waals surface area contributed by atoms with E-state index in [4.69, 9.17) is 9.47 Å². The van der Waals surface area contributed by atoms with E-state index in [1.807, 2.05) is 62.5 Å². The molecule has 1 heterocycles. The van der Waals surface area contributed by atoms with Gasteiger partial charge >= 0.3 is 12.2 Å². The van der Waals surface area contributed by atoms with Crippen molar-refractivity contribution in [2.24, 2.45) is 0 Å². The number of nitrogens with one attached hydrogen (secondary N) is 3. The SMILES string of the molecule is CC(C)OC(=O)Nc1ccc(-c2cnc(-c3ccc(NC(=O)OC(C)C)cc3SNC(C)(C)C)s2)cc1. The normalized spacial score (nSPS) is 11.5. The minimum absolute atomic E-state index is 0.118. The maximum absolute atomic E-state index is 12.1. The third-order valence-electron chi connectivity index (χ3n) is 4.53. The molecule has 0 radical (unpaired) electrons. The molecule has 0 spiro atoms. The molecule has 2 amide bonds. The number of benzene rings is 2. The zero-order valence-electron chi connectivity index (χ0n) is 22.2. The van der Waals surface area contributed by atoms with Crippen molar-refractivity contribution in [3.63, 3.8) is 0 Å². The van der Waals surface area contributed by atoms with Crippen LogP contribution in [0.2, 0.25) is 0 Å². The minimum atomic E-state index is -0.491. The summed E-state index contributed by atoms with van der Waals surface area (Å²) in [4.78, 5) is 30.5. The number of hydrogen-bond donors (Lipinski definition) is 3. The Kier molecular flexibility index (Phi) is 9.58. The van der Waals surface area contributed by atoms with Gasteiger partial charge < -0.3 is 9.47 Å². The number of carbonyl (C=O) groups excluding carboxylic acids is 2. The van der Waals surface area contributed by atoms with Gasteiger partial charge in [-0.3, -0.25) is 15.4 Å². The molecule has 3 N–H and O–H groups in total. The molecule has 0 aliphatic carbocycles. The van der Waals surface area contributed by atoms with E-state index in [1.165, 1.54) is 11.9 Å². The van der Waals surface area contributed by atoms with Gasteiger partial charge in [0.2, 0.25) is 0 Å². The lowest BCUT2D eigenvalue weighted by Crippen LogP contribution is -2.29. The summed E-state index contributed by atoms with van der Waals surface area (Å²) in [6, 6.07) is 13.3. The van der Waals surface area contributed by atoms with Gasteiger partial charge in [-0.05, 0) is 96.3 Å². The van der Waals surface area contributed by atoms with E-state index < -0.39 is 12.2 Å². The second-order valence-electron chi connectivity index (χ2n) is 9.93. The Morgan fingerprint density at radius 1 is 0.892 bits per heavy atom. The molecular weight excluding hydrogens is 508 g/mol. The molecule has 8 nitrogen and oxygen atoms in total. The van der Waals surface area contributed by atoms with E-state index in [-0.39, 0.29) is 17.7 Å². The zero-order chi connectivity index (χ0) is 27.2. The number of aromatic nitrogens is 1. The smallest absolute Gasteiger partial charge is 0.411 e. The zero-order valence-corrected chi connectivity index (χ0v) is 23.8. The largest absolute Gasteiger partial charge is 0.447 e. The predicted octanol–water partition coefficient (Wildman–Crippen LogP) is 7.79. The van der Waals surface area contributed by atoms with E-state index >= 15 is 0 Å². The van der Waals surface area contributed by atoms with Crippen molar-refractivity contribution in [2.45, 2.75) is 71.1 Å². The van der Waals surface area contributed by atoms with Gasteiger partial charge in [-0.25, -0.2) is 14.6 Å². The Balaban J connectivity index is 1.82. The van der Waals surface area contributed by atoms with Crippen LogP contribution in [0.5, 0.6) is 0 Å². The maximum atomic E-state index is 12.1. The molecule has 0 fully saturated rings. The number of carbonyl (C=O) groups is 2. The lowest BCUT2D eigenvalue weighted by atomic mass is 10.1. The summed E-state index contributed by atoms with van der Waals surface area (Å²) >= 11 is 3.06. The molecule has 0 aliphatic rings. The van der Waals surface area contributed by atoms with Crippen molar-refractivity contribution in [3.8, 4) is 21.0 Å². The topological polar surface area (TPSA) is 102 Å². The average Bonchev–Trinajstić information content (AvgIpc) is 3.26. The van der Waals surface area contributed by atoms with Crippen molar-refractivity contribution >= 4 is 46.8 Å². The number of ether oxygens (including phenoxy) is 2. The number of rotatable bonds is 8. The molecule has 0 unspecified atom stereocenters. The summed E-state index contributed by atoms with van der Waals surface area (Å²) in [5, 5.41) is 6.37. The third kappa shape index (κ3) is 9.07. The van der Waals surface area contributed by atoms with Crippen LogP contribution >= 0.6 is 23.3 Å². The fourth-order valence-electron chi connectivity index (χ4n) is 3.04. The van der Waals surface area contributed by atoms with Crippen LogP contribution in [0.4, 0.5) is 21.0 Å². The molecule has 2 aromatic carbocycles. The molecule has 3 rings (SSSR count). The fourth-order valence-corrected chi connectivity index (χ4v) is 4.94. The van der Waals surface area contributed by atoms with E-state index in [1.54, 1.807) is 25.2 Å². The highest BCUT2D eigenvalue weighted by Crippen LogP contribution is 2.38. The Labute approximate surface area is 226 Å². The molecule has 0 saturated carbocycles. The highest BCUT2D eigenvalue weighted by atomic mass is 32.2. The maximum Gasteiger partial charge on any atom is 0.411 e. The fraction of sp³-hybridized carbons (Fsp3) is 0.370. The second-order valence-corrected chi connectivity index (χ2v) is 11.8. The van der Waals surface area contributed by atoms with Gasteiger partial charge in [-0.15, -0.1) is 11.3 Å². The first-order valence-electron chi connectivity index (χ1n) is 12.0. The van der Waals surface area contributed by atoms with E-state index in [9.17, 15) is 9.59 Å². The van der Waals surface area contributed by atoms with Crippen molar-refractivity contribution < 1.29 is 19.1 Å². The predicted molar refractivity (Wildman–Crippen MR) is 152 cm³/mol. The van der Waals surface area contributed by atoms with Gasteiger partial charge in [0.15, 0.2) is 0 Å². The van der Waals surface area contributed by atoms with Crippen LogP contribution in [0.3, 0.4) is 0 Å². The van der Waals surface area contributed by atoms with Gasteiger partial charge in [-0.2, -0.15) is 0 Å². The number of nitrogens with zero attached hydrogens (tertiary/aromatic N) is 1. The summed E-state index contributed by atoms with van der Waals surface area (Å²) in [5.41, 5.74) is 3.13. The Bertz CT molecular complexity index is 1220. The van der Waals surface area contributed by atoms with Gasteiger partial charge in [0.25, 0.3) is 0 Å². The summed E-state index contributed by atoms with van der Waals surface area (Å²) in [6.07, 6.45) is 0.479. The van der Waals surface area contributed by atoms with Gasteiger partial charge in [-0.1, -0.05) is 12.1 Å². The summed E-state index contributed by atoms with van der Waals surface area (Å²) in [7, 11) is 0. The standard InChI is InChI=1S/C27H34N4O4S2/c1-16(2)34-25(32)29-19-10-8-18(9-11-19)23-15-28-24(36-23)21-13-12-20(30-26(33)35-17(3)4)14-22(21)37-31-27(5,6)7/h8-17,31H,1-7H3,(H,29,32)(H,30,33). The summed E-state index contributed by atoms with van der Waals surface area (Å²) in [6.45, 7) is 13.5. The van der Waals surface area contributed by atoms with Crippen LogP contribution in [-0.4, -0.2) is 34.9 Å². The van der Waals surface area contributed by atoms with Gasteiger partial charge in [0.1, 0.15) is 5.01 Å². The van der Waals surface area contributed by atoms with Crippen molar-refractivity contribution in [1.29, 1.82) is 0 Å². The van der Waals surface area contributed by atoms with E-state index in [2.05, 4.69) is 41.1 Å². The first-order valence-corrected chi connectivity index (χ1v) is 13.6. The van der Waals surface area contributed by atoms with Gasteiger partial charge in [0.05, 0.1) is 17.1 Å². The van der Waals surface area contributed by atoms with Crippen LogP contribution < -0.4 is 15.4 Å². The van der Waals surface area contributed by atoms with Crippen molar-refractivity contribution in [3.05, 3.63) is 48.7 Å². The average molecular weight is 543 g/mol. The molecule has 198 valence electrons. The van der Waals surface area contributed by atoms with E-state index in [0.717, 1.165) is 25.9 Å². The van der Waals surface area contributed by atoms with Crippen molar-refractivity contribution in [2.75, 3.05) is 10.6 Å². The molecule has 1 aromatic heterocycles. The quantitative estimate of drug-likeness (QED) is 0.250.